The molecule has 0 aromatic heterocycles. The van der Waals surface area contributed by atoms with Crippen molar-refractivity contribution in [2.24, 2.45) is 0 Å². The highest BCUT2D eigenvalue weighted by Crippen LogP contribution is 2.21. The van der Waals surface area contributed by atoms with Crippen molar-refractivity contribution in [1.29, 1.82) is 0 Å². The van der Waals surface area contributed by atoms with E-state index in [9.17, 15) is 4.39 Å². The Labute approximate surface area is 115 Å². The predicted octanol–water partition coefficient (Wildman–Crippen LogP) is 3.76. The largest absolute Gasteiger partial charge is 0.490 e. The van der Waals surface area contributed by atoms with E-state index < -0.39 is 0 Å². The lowest BCUT2D eigenvalue weighted by Crippen LogP contribution is -2.20. The van der Waals surface area contributed by atoms with Gasteiger partial charge < -0.3 is 14.2 Å². The Bertz CT molecular complexity index is 354. The van der Waals surface area contributed by atoms with Crippen LogP contribution in [0.1, 0.15) is 20.3 Å². The van der Waals surface area contributed by atoms with Crippen LogP contribution in [0.5, 0.6) is 5.75 Å². The van der Waals surface area contributed by atoms with Gasteiger partial charge in [0.15, 0.2) is 17.9 Å². The third kappa shape index (κ3) is 5.33. The Kier molecular flexibility index (Phi) is 7.23. The molecule has 1 aromatic rings. The molecule has 0 radical (unpaired) electrons. The van der Waals surface area contributed by atoms with Crippen molar-refractivity contribution in [1.82, 2.24) is 0 Å². The average Bonchev–Trinajstić information content (AvgIpc) is 2.32. The minimum Gasteiger partial charge on any atom is -0.490 e. The van der Waals surface area contributed by atoms with E-state index in [0.717, 1.165) is 0 Å². The van der Waals surface area contributed by atoms with Crippen LogP contribution in [0.15, 0.2) is 22.7 Å². The molecule has 0 saturated carbocycles. The summed E-state index contributed by atoms with van der Waals surface area (Å²) < 4.78 is 30.2. The molecule has 0 bridgehead atoms. The molecule has 0 unspecified atom stereocenters. The zero-order valence-electron chi connectivity index (χ0n) is 10.6. The van der Waals surface area contributed by atoms with Gasteiger partial charge in [-0.15, -0.1) is 0 Å². The molecule has 102 valence electrons. The molecule has 0 aliphatic carbocycles. The Hall–Kier alpha value is -0.650. The maximum Gasteiger partial charge on any atom is 0.166 e. The van der Waals surface area contributed by atoms with Crippen molar-refractivity contribution in [3.05, 3.63) is 28.5 Å². The van der Waals surface area contributed by atoms with E-state index in [0.29, 0.717) is 30.7 Å². The minimum absolute atomic E-state index is 0.241. The first-order valence-corrected chi connectivity index (χ1v) is 6.77. The third-order valence-corrected chi connectivity index (χ3v) is 2.70. The Morgan fingerprint density at radius 1 is 1.22 bits per heavy atom. The minimum atomic E-state index is -0.381. The van der Waals surface area contributed by atoms with E-state index in [1.807, 2.05) is 13.8 Å². The first-order chi connectivity index (χ1) is 8.67. The Morgan fingerprint density at radius 3 is 2.44 bits per heavy atom. The smallest absolute Gasteiger partial charge is 0.166 e. The van der Waals surface area contributed by atoms with Crippen molar-refractivity contribution < 1.29 is 18.6 Å². The van der Waals surface area contributed by atoms with Gasteiger partial charge in [-0.3, -0.25) is 0 Å². The SMILES string of the molecule is CCOC(CCOc1ccc(Br)cc1F)OCC. The standard InChI is InChI=1S/C13H18BrFO3/c1-3-16-13(17-4-2)7-8-18-12-6-5-10(14)9-11(12)15/h5-6,9,13H,3-4,7-8H2,1-2H3. The highest BCUT2D eigenvalue weighted by atomic mass is 79.9. The molecule has 18 heavy (non-hydrogen) atoms. The summed E-state index contributed by atoms with van der Waals surface area (Å²) in [6.07, 6.45) is 0.274. The van der Waals surface area contributed by atoms with Gasteiger partial charge in [-0.25, -0.2) is 4.39 Å². The second kappa shape index (κ2) is 8.45. The molecule has 0 atom stereocenters. The molecule has 0 heterocycles. The van der Waals surface area contributed by atoms with Crippen molar-refractivity contribution in [3.63, 3.8) is 0 Å². The van der Waals surface area contributed by atoms with Crippen LogP contribution in [-0.2, 0) is 9.47 Å². The lowest BCUT2D eigenvalue weighted by Gasteiger charge is -2.17. The van der Waals surface area contributed by atoms with E-state index in [1.54, 1.807) is 12.1 Å². The summed E-state index contributed by atoms with van der Waals surface area (Å²) in [5.74, 6) is -0.140. The van der Waals surface area contributed by atoms with Gasteiger partial charge >= 0.3 is 0 Å². The molecule has 0 N–H and O–H groups in total. The fourth-order valence-corrected chi connectivity index (χ4v) is 1.78. The fraction of sp³-hybridized carbons (Fsp3) is 0.538. The normalized spacial score (nSPS) is 10.9. The number of ether oxygens (including phenoxy) is 3. The van der Waals surface area contributed by atoms with Crippen molar-refractivity contribution in [2.45, 2.75) is 26.6 Å². The van der Waals surface area contributed by atoms with E-state index >= 15 is 0 Å². The van der Waals surface area contributed by atoms with E-state index in [-0.39, 0.29) is 17.9 Å². The van der Waals surface area contributed by atoms with Gasteiger partial charge in [0.2, 0.25) is 0 Å². The topological polar surface area (TPSA) is 27.7 Å². The molecule has 5 heteroatoms. The first kappa shape index (κ1) is 15.4. The van der Waals surface area contributed by atoms with Crippen molar-refractivity contribution in [2.75, 3.05) is 19.8 Å². The molecule has 1 rings (SSSR count). The first-order valence-electron chi connectivity index (χ1n) is 5.98. The predicted molar refractivity (Wildman–Crippen MR) is 71.3 cm³/mol. The van der Waals surface area contributed by atoms with E-state index in [2.05, 4.69) is 15.9 Å². The molecular formula is C13H18BrFO3. The Balaban J connectivity index is 2.39. The van der Waals surface area contributed by atoms with Gasteiger partial charge in [0.1, 0.15) is 0 Å². The van der Waals surface area contributed by atoms with Crippen LogP contribution in [-0.4, -0.2) is 26.1 Å². The van der Waals surface area contributed by atoms with E-state index in [4.69, 9.17) is 14.2 Å². The fourth-order valence-electron chi connectivity index (χ4n) is 1.44. The Morgan fingerprint density at radius 2 is 1.89 bits per heavy atom. The number of benzene rings is 1. The van der Waals surface area contributed by atoms with Gasteiger partial charge in [0, 0.05) is 24.1 Å². The summed E-state index contributed by atoms with van der Waals surface area (Å²) in [7, 11) is 0. The molecule has 0 aliphatic heterocycles. The van der Waals surface area contributed by atoms with Crippen LogP contribution in [0.3, 0.4) is 0 Å². The lowest BCUT2D eigenvalue weighted by molar-refractivity contribution is -0.142. The second-order valence-electron chi connectivity index (χ2n) is 3.55. The van der Waals surface area contributed by atoms with Crippen LogP contribution in [0.2, 0.25) is 0 Å². The van der Waals surface area contributed by atoms with Gasteiger partial charge in [-0.2, -0.15) is 0 Å². The maximum atomic E-state index is 13.5. The zero-order chi connectivity index (χ0) is 13.4. The third-order valence-electron chi connectivity index (χ3n) is 2.21. The average molecular weight is 321 g/mol. The number of rotatable bonds is 8. The lowest BCUT2D eigenvalue weighted by atomic mass is 10.3. The molecule has 0 amide bonds. The van der Waals surface area contributed by atoms with Crippen LogP contribution in [0, 0.1) is 5.82 Å². The summed E-state index contributed by atoms with van der Waals surface area (Å²) in [5.41, 5.74) is 0. The van der Waals surface area contributed by atoms with Crippen LogP contribution >= 0.6 is 15.9 Å². The van der Waals surface area contributed by atoms with Crippen LogP contribution in [0.25, 0.3) is 0 Å². The molecule has 0 aliphatic rings. The zero-order valence-corrected chi connectivity index (χ0v) is 12.2. The van der Waals surface area contributed by atoms with E-state index in [1.165, 1.54) is 6.07 Å². The number of halogens is 2. The summed E-state index contributed by atoms with van der Waals surface area (Å²) >= 11 is 3.19. The second-order valence-corrected chi connectivity index (χ2v) is 4.47. The summed E-state index contributed by atoms with van der Waals surface area (Å²) in [6, 6.07) is 4.70. The summed E-state index contributed by atoms with van der Waals surface area (Å²) in [5, 5.41) is 0. The molecule has 3 nitrogen and oxygen atoms in total. The maximum absolute atomic E-state index is 13.5. The van der Waals surface area contributed by atoms with Crippen LogP contribution in [0.4, 0.5) is 4.39 Å². The van der Waals surface area contributed by atoms with Crippen molar-refractivity contribution in [3.8, 4) is 5.75 Å². The van der Waals surface area contributed by atoms with Gasteiger partial charge in [-0.05, 0) is 32.0 Å². The van der Waals surface area contributed by atoms with Crippen molar-refractivity contribution >= 4 is 15.9 Å². The summed E-state index contributed by atoms with van der Waals surface area (Å²) in [4.78, 5) is 0. The van der Waals surface area contributed by atoms with Crippen LogP contribution < -0.4 is 4.74 Å². The molecule has 0 spiro atoms. The highest BCUT2D eigenvalue weighted by Gasteiger charge is 2.09. The molecule has 0 saturated heterocycles. The van der Waals surface area contributed by atoms with Gasteiger partial charge in [0.05, 0.1) is 6.61 Å². The number of hydrogen-bond acceptors (Lipinski definition) is 3. The highest BCUT2D eigenvalue weighted by molar-refractivity contribution is 9.10. The van der Waals surface area contributed by atoms with Gasteiger partial charge in [-0.1, -0.05) is 15.9 Å². The number of hydrogen-bond donors (Lipinski definition) is 0. The molecular weight excluding hydrogens is 303 g/mol. The molecule has 1 aromatic carbocycles. The quantitative estimate of drug-likeness (QED) is 0.683. The summed E-state index contributed by atoms with van der Waals surface area (Å²) in [6.45, 7) is 5.32. The monoisotopic (exact) mass is 320 g/mol. The molecule has 0 fully saturated rings. The van der Waals surface area contributed by atoms with Gasteiger partial charge in [0.25, 0.3) is 0 Å².